The van der Waals surface area contributed by atoms with E-state index in [-0.39, 0.29) is 18.1 Å². The van der Waals surface area contributed by atoms with Crippen molar-refractivity contribution in [1.29, 1.82) is 0 Å². The lowest BCUT2D eigenvalue weighted by molar-refractivity contribution is -0.140. The van der Waals surface area contributed by atoms with Crippen molar-refractivity contribution in [3.63, 3.8) is 0 Å². The first-order valence-corrected chi connectivity index (χ1v) is 11.3. The zero-order valence-electron chi connectivity index (χ0n) is 19.0. The zero-order valence-corrected chi connectivity index (χ0v) is 19.8. The van der Waals surface area contributed by atoms with Crippen molar-refractivity contribution in [2.45, 2.75) is 24.9 Å². The van der Waals surface area contributed by atoms with E-state index in [1.165, 1.54) is 14.2 Å². The van der Waals surface area contributed by atoms with Crippen molar-refractivity contribution < 1.29 is 19.1 Å². The molecule has 3 heterocycles. The smallest absolute Gasteiger partial charge is 0.337 e. The highest BCUT2D eigenvalue weighted by atomic mass is 32.1. The van der Waals surface area contributed by atoms with Crippen LogP contribution in [0.4, 0.5) is 0 Å². The Bertz CT molecular complexity index is 1180. The fourth-order valence-corrected chi connectivity index (χ4v) is 4.57. The summed E-state index contributed by atoms with van der Waals surface area (Å²) in [5.41, 5.74) is 3.13. The number of carbonyl (C=O) groups is 2. The van der Waals surface area contributed by atoms with E-state index in [2.05, 4.69) is 15.2 Å². The standard InChI is InChI=1S/C25H26N4O4S/c1-32-21(30)12-7-15-29-23(22(27-25(29)34)19-10-3-4-13-26-19)20-11-6-14-28(20)18-9-5-8-17(16-18)24(31)33-2/h3-6,8-11,13-14,16,22-23H,7,12,15H2,1-2H3,(H,27,34)/t22-,23-/m1/s1. The molecule has 0 radical (unpaired) electrons. The molecule has 0 saturated carbocycles. The van der Waals surface area contributed by atoms with E-state index >= 15 is 0 Å². The number of pyridine rings is 1. The van der Waals surface area contributed by atoms with E-state index in [0.29, 0.717) is 30.1 Å². The Morgan fingerprint density at radius 1 is 1.09 bits per heavy atom. The molecule has 0 bridgehead atoms. The number of nitrogens with zero attached hydrogens (tertiary/aromatic N) is 3. The van der Waals surface area contributed by atoms with E-state index in [1.54, 1.807) is 18.3 Å². The molecular formula is C25H26N4O4S. The Morgan fingerprint density at radius 2 is 1.94 bits per heavy atom. The van der Waals surface area contributed by atoms with Gasteiger partial charge in [0, 0.05) is 36.7 Å². The van der Waals surface area contributed by atoms with Crippen LogP contribution in [0.1, 0.15) is 46.7 Å². The van der Waals surface area contributed by atoms with Gasteiger partial charge in [0.1, 0.15) is 0 Å². The first-order chi connectivity index (χ1) is 16.5. The lowest BCUT2D eigenvalue weighted by Gasteiger charge is -2.29. The van der Waals surface area contributed by atoms with Gasteiger partial charge in [0.15, 0.2) is 5.11 Å². The van der Waals surface area contributed by atoms with E-state index in [4.69, 9.17) is 21.7 Å². The molecule has 1 aliphatic heterocycles. The molecule has 0 amide bonds. The maximum Gasteiger partial charge on any atom is 0.337 e. The molecular weight excluding hydrogens is 452 g/mol. The van der Waals surface area contributed by atoms with Crippen LogP contribution in [0.5, 0.6) is 0 Å². The van der Waals surface area contributed by atoms with Crippen LogP contribution in [-0.4, -0.2) is 52.3 Å². The van der Waals surface area contributed by atoms with Gasteiger partial charge >= 0.3 is 11.9 Å². The van der Waals surface area contributed by atoms with Crippen LogP contribution in [0.25, 0.3) is 5.69 Å². The normalized spacial score (nSPS) is 17.4. The van der Waals surface area contributed by atoms with Crippen LogP contribution in [0.15, 0.2) is 67.0 Å². The molecule has 1 saturated heterocycles. The highest BCUT2D eigenvalue weighted by Gasteiger charge is 2.41. The number of nitrogens with one attached hydrogen (secondary N) is 1. The summed E-state index contributed by atoms with van der Waals surface area (Å²) in [6, 6.07) is 16.7. The molecule has 0 spiro atoms. The topological polar surface area (TPSA) is 85.7 Å². The number of ether oxygens (including phenoxy) is 2. The predicted octanol–water partition coefficient (Wildman–Crippen LogP) is 3.58. The number of methoxy groups -OCH3 is 2. The highest BCUT2D eigenvalue weighted by Crippen LogP contribution is 2.39. The number of hydrogen-bond donors (Lipinski definition) is 1. The number of esters is 2. The van der Waals surface area contributed by atoms with Gasteiger partial charge in [0.2, 0.25) is 0 Å². The third-order valence-electron chi connectivity index (χ3n) is 5.83. The maximum atomic E-state index is 12.1. The van der Waals surface area contributed by atoms with E-state index < -0.39 is 5.97 Å². The van der Waals surface area contributed by atoms with Crippen molar-refractivity contribution in [2.75, 3.05) is 20.8 Å². The van der Waals surface area contributed by atoms with Crippen molar-refractivity contribution in [3.8, 4) is 5.69 Å². The van der Waals surface area contributed by atoms with Gasteiger partial charge in [0.05, 0.1) is 37.6 Å². The number of hydrogen-bond acceptors (Lipinski definition) is 6. The predicted molar refractivity (Wildman–Crippen MR) is 131 cm³/mol. The SMILES string of the molecule is COC(=O)CCCN1C(=S)N[C@H](c2ccccn2)[C@H]1c1cccn1-c1cccc(C(=O)OC)c1. The highest BCUT2D eigenvalue weighted by molar-refractivity contribution is 7.80. The third kappa shape index (κ3) is 4.79. The molecule has 176 valence electrons. The van der Waals surface area contributed by atoms with Crippen LogP contribution in [0, 0.1) is 0 Å². The average molecular weight is 479 g/mol. The molecule has 9 heteroatoms. The van der Waals surface area contributed by atoms with Crippen molar-refractivity contribution >= 4 is 29.3 Å². The van der Waals surface area contributed by atoms with Gasteiger partial charge in [-0.3, -0.25) is 9.78 Å². The van der Waals surface area contributed by atoms with Crippen LogP contribution in [0.2, 0.25) is 0 Å². The lowest BCUT2D eigenvalue weighted by Crippen LogP contribution is -2.31. The van der Waals surface area contributed by atoms with Gasteiger partial charge in [0.25, 0.3) is 0 Å². The minimum atomic E-state index is -0.393. The summed E-state index contributed by atoms with van der Waals surface area (Å²) < 4.78 is 11.7. The second-order valence-electron chi connectivity index (χ2n) is 7.84. The molecule has 34 heavy (non-hydrogen) atoms. The summed E-state index contributed by atoms with van der Waals surface area (Å²) in [7, 11) is 2.75. The Labute approximate surface area is 203 Å². The number of benzene rings is 1. The summed E-state index contributed by atoms with van der Waals surface area (Å²) in [5, 5.41) is 4.02. The Kier molecular flexibility index (Phi) is 7.22. The largest absolute Gasteiger partial charge is 0.469 e. The minimum absolute atomic E-state index is 0.183. The molecule has 2 aromatic heterocycles. The summed E-state index contributed by atoms with van der Waals surface area (Å²) in [6.07, 6.45) is 4.61. The van der Waals surface area contributed by atoms with Crippen molar-refractivity contribution in [3.05, 3.63) is 83.9 Å². The second kappa shape index (κ2) is 10.5. The summed E-state index contributed by atoms with van der Waals surface area (Å²) in [5.74, 6) is -0.644. The molecule has 3 aromatic rings. The quantitative estimate of drug-likeness (QED) is 0.388. The molecule has 1 N–H and O–H groups in total. The van der Waals surface area contributed by atoms with Gasteiger partial charge in [-0.15, -0.1) is 0 Å². The molecule has 8 nitrogen and oxygen atoms in total. The third-order valence-corrected chi connectivity index (χ3v) is 6.19. The molecule has 0 aliphatic carbocycles. The fraction of sp³-hybridized carbons (Fsp3) is 0.280. The number of carbonyl (C=O) groups excluding carboxylic acids is 2. The van der Waals surface area contributed by atoms with Crippen molar-refractivity contribution in [2.24, 2.45) is 0 Å². The van der Waals surface area contributed by atoms with Gasteiger partial charge in [-0.1, -0.05) is 12.1 Å². The summed E-state index contributed by atoms with van der Waals surface area (Å²) in [4.78, 5) is 30.4. The van der Waals surface area contributed by atoms with E-state index in [1.807, 2.05) is 53.2 Å². The fourth-order valence-electron chi connectivity index (χ4n) is 4.23. The van der Waals surface area contributed by atoms with E-state index in [9.17, 15) is 9.59 Å². The van der Waals surface area contributed by atoms with Crippen molar-refractivity contribution in [1.82, 2.24) is 19.8 Å². The van der Waals surface area contributed by atoms with E-state index in [0.717, 1.165) is 17.1 Å². The second-order valence-corrected chi connectivity index (χ2v) is 8.23. The molecule has 2 atom stereocenters. The number of thiocarbonyl (C=S) groups is 1. The number of aromatic nitrogens is 2. The van der Waals surface area contributed by atoms with Crippen LogP contribution in [0.3, 0.4) is 0 Å². The van der Waals surface area contributed by atoms with Crippen LogP contribution < -0.4 is 5.32 Å². The maximum absolute atomic E-state index is 12.1. The lowest BCUT2D eigenvalue weighted by atomic mass is 10.0. The van der Waals surface area contributed by atoms with Gasteiger partial charge < -0.3 is 24.3 Å². The Morgan fingerprint density at radius 3 is 2.68 bits per heavy atom. The Balaban J connectivity index is 1.73. The number of rotatable bonds is 8. The first kappa shape index (κ1) is 23.4. The molecule has 0 unspecified atom stereocenters. The Hall–Kier alpha value is -3.72. The average Bonchev–Trinajstić information content (AvgIpc) is 3.48. The molecule has 1 aliphatic rings. The van der Waals surface area contributed by atoms with Gasteiger partial charge in [-0.05, 0) is 61.1 Å². The minimum Gasteiger partial charge on any atom is -0.469 e. The molecule has 1 aromatic carbocycles. The van der Waals surface area contributed by atoms with Crippen LogP contribution in [-0.2, 0) is 14.3 Å². The van der Waals surface area contributed by atoms with Gasteiger partial charge in [-0.2, -0.15) is 0 Å². The van der Waals surface area contributed by atoms with Gasteiger partial charge in [-0.25, -0.2) is 4.79 Å². The monoisotopic (exact) mass is 478 g/mol. The summed E-state index contributed by atoms with van der Waals surface area (Å²) >= 11 is 5.71. The molecule has 4 rings (SSSR count). The zero-order chi connectivity index (χ0) is 24.1. The first-order valence-electron chi connectivity index (χ1n) is 10.9. The summed E-state index contributed by atoms with van der Waals surface area (Å²) in [6.45, 7) is 0.572. The molecule has 1 fully saturated rings. The van der Waals surface area contributed by atoms with Crippen LogP contribution >= 0.6 is 12.2 Å².